The molecule has 0 saturated heterocycles. The van der Waals surface area contributed by atoms with Crippen LogP contribution in [0, 0.1) is 6.92 Å². The number of hydrogen-bond acceptors (Lipinski definition) is 4. The molecule has 0 aliphatic carbocycles. The van der Waals surface area contributed by atoms with E-state index in [1.807, 2.05) is 6.92 Å². The minimum atomic E-state index is -0.0598. The summed E-state index contributed by atoms with van der Waals surface area (Å²) in [4.78, 5) is 0. The van der Waals surface area contributed by atoms with Gasteiger partial charge in [-0.1, -0.05) is 45.0 Å². The van der Waals surface area contributed by atoms with Crippen LogP contribution < -0.4 is 11.3 Å². The van der Waals surface area contributed by atoms with Crippen molar-refractivity contribution in [3.63, 3.8) is 0 Å². The number of nitrogens with one attached hydrogen (secondary N) is 1. The molecule has 3 N–H and O–H groups in total. The normalized spacial score (nSPS) is 12.7. The number of hydrogen-bond donors (Lipinski definition) is 2. The highest BCUT2D eigenvalue weighted by atomic mass is 15.2. The molecule has 0 spiro atoms. The Hall–Kier alpha value is -1.78. The van der Waals surface area contributed by atoms with Crippen molar-refractivity contribution in [1.29, 1.82) is 0 Å². The molecule has 0 radical (unpaired) electrons. The van der Waals surface area contributed by atoms with Crippen LogP contribution >= 0.6 is 0 Å². The van der Waals surface area contributed by atoms with Gasteiger partial charge in [-0.05, 0) is 36.5 Å². The van der Waals surface area contributed by atoms with Crippen LogP contribution in [0.4, 0.5) is 0 Å². The van der Waals surface area contributed by atoms with Gasteiger partial charge in [-0.15, -0.1) is 0 Å². The molecule has 0 aliphatic heterocycles. The van der Waals surface area contributed by atoms with Crippen LogP contribution in [0.25, 0.3) is 0 Å². The van der Waals surface area contributed by atoms with Crippen molar-refractivity contribution >= 4 is 0 Å². The molecular weight excluding hydrogens is 260 g/mol. The molecule has 0 fully saturated rings. The third-order valence-electron chi connectivity index (χ3n) is 3.78. The van der Waals surface area contributed by atoms with E-state index in [2.05, 4.69) is 66.7 Å². The summed E-state index contributed by atoms with van der Waals surface area (Å²) in [7, 11) is 0. The van der Waals surface area contributed by atoms with Gasteiger partial charge in [0.15, 0.2) is 0 Å². The molecule has 1 unspecified atom stereocenters. The second-order valence-corrected chi connectivity index (χ2v) is 5.66. The molecule has 112 valence electrons. The van der Waals surface area contributed by atoms with E-state index in [-0.39, 0.29) is 6.04 Å². The Labute approximate surface area is 126 Å². The lowest BCUT2D eigenvalue weighted by molar-refractivity contribution is 0.621. The van der Waals surface area contributed by atoms with Gasteiger partial charge in [0, 0.05) is 5.56 Å². The molecule has 4 heteroatoms. The van der Waals surface area contributed by atoms with Crippen molar-refractivity contribution in [2.75, 3.05) is 0 Å². The Balaban J connectivity index is 2.41. The monoisotopic (exact) mass is 284 g/mol. The molecule has 1 atom stereocenters. The molecule has 1 aromatic heterocycles. The van der Waals surface area contributed by atoms with Gasteiger partial charge in [0.25, 0.3) is 0 Å². The molecule has 1 heterocycles. The highest BCUT2D eigenvalue weighted by Crippen LogP contribution is 2.25. The predicted molar refractivity (Wildman–Crippen MR) is 85.8 cm³/mol. The summed E-state index contributed by atoms with van der Waals surface area (Å²) in [5.74, 6) is 6.34. The maximum atomic E-state index is 5.81. The number of hydrazine groups is 1. The van der Waals surface area contributed by atoms with Gasteiger partial charge >= 0.3 is 0 Å². The van der Waals surface area contributed by atoms with Gasteiger partial charge in [0.05, 0.1) is 17.4 Å². The number of aryl methyl sites for hydroxylation is 2. The zero-order valence-electron chi connectivity index (χ0n) is 13.2. The van der Waals surface area contributed by atoms with Crippen molar-refractivity contribution in [2.24, 2.45) is 5.84 Å². The Kier molecular flexibility index (Phi) is 5.04. The summed E-state index contributed by atoms with van der Waals surface area (Å²) in [5, 5.41) is 8.43. The van der Waals surface area contributed by atoms with Gasteiger partial charge in [-0.2, -0.15) is 10.2 Å². The Bertz CT molecular complexity index is 590. The molecule has 0 bridgehead atoms. The van der Waals surface area contributed by atoms with E-state index < -0.39 is 0 Å². The lowest BCUT2D eigenvalue weighted by Crippen LogP contribution is -2.30. The maximum Gasteiger partial charge on any atom is 0.0729 e. The van der Waals surface area contributed by atoms with Crippen molar-refractivity contribution in [1.82, 2.24) is 15.6 Å². The summed E-state index contributed by atoms with van der Waals surface area (Å²) in [5.41, 5.74) is 8.38. The Morgan fingerprint density at radius 2 is 1.71 bits per heavy atom. The van der Waals surface area contributed by atoms with Crippen LogP contribution in [0.2, 0.25) is 0 Å². The van der Waals surface area contributed by atoms with Crippen molar-refractivity contribution in [3.05, 3.63) is 58.4 Å². The minimum Gasteiger partial charge on any atom is -0.271 e. The van der Waals surface area contributed by atoms with Crippen LogP contribution in [0.1, 0.15) is 60.8 Å². The first-order valence-electron chi connectivity index (χ1n) is 7.45. The smallest absolute Gasteiger partial charge is 0.0729 e. The third-order valence-corrected chi connectivity index (χ3v) is 3.78. The summed E-state index contributed by atoms with van der Waals surface area (Å²) >= 11 is 0. The van der Waals surface area contributed by atoms with E-state index in [1.165, 1.54) is 5.56 Å². The zero-order valence-corrected chi connectivity index (χ0v) is 13.2. The summed E-state index contributed by atoms with van der Waals surface area (Å²) < 4.78 is 0. The lowest BCUT2D eigenvalue weighted by Gasteiger charge is -2.20. The minimum absolute atomic E-state index is 0.0598. The molecule has 0 saturated carbocycles. The van der Waals surface area contributed by atoms with Crippen LogP contribution in [-0.4, -0.2) is 10.2 Å². The van der Waals surface area contributed by atoms with Gasteiger partial charge in [-0.25, -0.2) is 5.43 Å². The molecular formula is C17H24N4. The standard InChI is InChI=1S/C17H24N4/c1-5-16-15(10-12(4)20-21-16)17(19-18)14-8-6-13(7-9-14)11(2)3/h6-11,17,19H,5,18H2,1-4H3. The number of benzene rings is 1. The maximum absolute atomic E-state index is 5.81. The van der Waals surface area contributed by atoms with Gasteiger partial charge < -0.3 is 0 Å². The summed E-state index contributed by atoms with van der Waals surface area (Å²) in [6.45, 7) is 8.42. The highest BCUT2D eigenvalue weighted by Gasteiger charge is 2.17. The van der Waals surface area contributed by atoms with E-state index in [4.69, 9.17) is 5.84 Å². The van der Waals surface area contributed by atoms with Crippen LogP contribution in [-0.2, 0) is 6.42 Å². The van der Waals surface area contributed by atoms with Crippen LogP contribution in [0.3, 0.4) is 0 Å². The first kappa shape index (κ1) is 15.6. The van der Waals surface area contributed by atoms with E-state index >= 15 is 0 Å². The fraction of sp³-hybridized carbons (Fsp3) is 0.412. The van der Waals surface area contributed by atoms with Crippen LogP contribution in [0.5, 0.6) is 0 Å². The number of nitrogens with zero attached hydrogens (tertiary/aromatic N) is 2. The van der Waals surface area contributed by atoms with Gasteiger partial charge in [-0.3, -0.25) is 5.84 Å². The molecule has 1 aromatic carbocycles. The van der Waals surface area contributed by atoms with Crippen molar-refractivity contribution < 1.29 is 0 Å². The molecule has 0 aliphatic rings. The fourth-order valence-electron chi connectivity index (χ4n) is 2.50. The SMILES string of the molecule is CCc1nnc(C)cc1C(NN)c1ccc(C(C)C)cc1. The van der Waals surface area contributed by atoms with E-state index in [0.29, 0.717) is 5.92 Å². The second-order valence-electron chi connectivity index (χ2n) is 5.66. The number of nitrogens with two attached hydrogens (primary N) is 1. The van der Waals surface area contributed by atoms with E-state index in [1.54, 1.807) is 0 Å². The van der Waals surface area contributed by atoms with Crippen LogP contribution in [0.15, 0.2) is 30.3 Å². The summed E-state index contributed by atoms with van der Waals surface area (Å²) in [6, 6.07) is 10.6. The predicted octanol–water partition coefficient (Wildman–Crippen LogP) is 3.02. The van der Waals surface area contributed by atoms with E-state index in [0.717, 1.165) is 28.9 Å². The first-order chi connectivity index (χ1) is 10.1. The number of rotatable bonds is 5. The van der Waals surface area contributed by atoms with E-state index in [9.17, 15) is 0 Å². The third kappa shape index (κ3) is 3.46. The fourth-order valence-corrected chi connectivity index (χ4v) is 2.50. The molecule has 2 aromatic rings. The largest absolute Gasteiger partial charge is 0.271 e. The topological polar surface area (TPSA) is 63.8 Å². The van der Waals surface area contributed by atoms with Gasteiger partial charge in [0.1, 0.15) is 0 Å². The average Bonchev–Trinajstić information content (AvgIpc) is 2.49. The molecule has 0 amide bonds. The second kappa shape index (κ2) is 6.78. The van der Waals surface area contributed by atoms with Gasteiger partial charge in [0.2, 0.25) is 0 Å². The Morgan fingerprint density at radius 3 is 2.24 bits per heavy atom. The van der Waals surface area contributed by atoms with Crippen molar-refractivity contribution in [2.45, 2.75) is 46.1 Å². The molecule has 21 heavy (non-hydrogen) atoms. The molecule has 2 rings (SSSR count). The number of aromatic nitrogens is 2. The quantitative estimate of drug-likeness (QED) is 0.654. The zero-order chi connectivity index (χ0) is 15.4. The first-order valence-corrected chi connectivity index (χ1v) is 7.45. The highest BCUT2D eigenvalue weighted by molar-refractivity contribution is 5.36. The Morgan fingerprint density at radius 1 is 1.10 bits per heavy atom. The summed E-state index contributed by atoms with van der Waals surface area (Å²) in [6.07, 6.45) is 0.838. The average molecular weight is 284 g/mol. The van der Waals surface area contributed by atoms with Crippen molar-refractivity contribution in [3.8, 4) is 0 Å². The molecule has 4 nitrogen and oxygen atoms in total. The lowest BCUT2D eigenvalue weighted by atomic mass is 9.94.